The first-order valence-electron chi connectivity index (χ1n) is 15.8. The highest BCUT2D eigenvalue weighted by Crippen LogP contribution is 2.56. The van der Waals surface area contributed by atoms with Gasteiger partial charge in [0.1, 0.15) is 6.10 Å². The van der Waals surface area contributed by atoms with Crippen LogP contribution in [0.1, 0.15) is 92.4 Å². The Bertz CT molecular complexity index is 1040. The van der Waals surface area contributed by atoms with E-state index in [4.69, 9.17) is 9.47 Å². The van der Waals surface area contributed by atoms with E-state index in [1.165, 1.54) is 5.57 Å². The summed E-state index contributed by atoms with van der Waals surface area (Å²) in [7, 11) is 0. The number of allylic oxidation sites excluding steroid dienone is 5. The van der Waals surface area contributed by atoms with E-state index in [0.717, 1.165) is 31.3 Å². The van der Waals surface area contributed by atoms with Crippen molar-refractivity contribution in [2.24, 2.45) is 28.6 Å². The van der Waals surface area contributed by atoms with Crippen LogP contribution in [0, 0.1) is 28.6 Å². The van der Waals surface area contributed by atoms with Crippen molar-refractivity contribution in [2.75, 3.05) is 13.2 Å². The summed E-state index contributed by atoms with van der Waals surface area (Å²) in [6, 6.07) is 0. The van der Waals surface area contributed by atoms with Crippen LogP contribution in [-0.2, 0) is 14.3 Å². The van der Waals surface area contributed by atoms with Gasteiger partial charge in [-0.25, -0.2) is 0 Å². The van der Waals surface area contributed by atoms with Gasteiger partial charge in [0.2, 0.25) is 0 Å². The topological polar surface area (TPSA) is 96.2 Å². The zero-order valence-corrected chi connectivity index (χ0v) is 26.0. The summed E-state index contributed by atoms with van der Waals surface area (Å²) in [6.45, 7) is 15.2. The molecule has 0 aromatic heterocycles. The third-order valence-electron chi connectivity index (χ3n) is 11.1. The standard InChI is InChI=1S/C35H54O6/c1-7-9-12-24(11-8-2)13-10-16-40-31-21-35(39)15-14-27-26-22-41-30(26)18-25(36)19-34(27,6)20-29(37)32(38)28(17-23(31)3)33(35,4)5/h7-9,12,17,25-28,30-32,36,38-39H,2,10-11,13-16,18-22H2,1,3-6H3/b9-7-,24-12+/t25?,26?,27?,28?,30-,31+,32?,34?,35?/m1/s1. The lowest BCUT2D eigenvalue weighted by Gasteiger charge is -2.52. The summed E-state index contributed by atoms with van der Waals surface area (Å²) >= 11 is 0. The summed E-state index contributed by atoms with van der Waals surface area (Å²) in [5.74, 6) is -0.360. The maximum atomic E-state index is 13.8. The van der Waals surface area contributed by atoms with Crippen molar-refractivity contribution in [1.29, 1.82) is 0 Å². The molecule has 7 unspecified atom stereocenters. The lowest BCUT2D eigenvalue weighted by Crippen LogP contribution is -2.56. The summed E-state index contributed by atoms with van der Waals surface area (Å²) < 4.78 is 12.3. The highest BCUT2D eigenvalue weighted by Gasteiger charge is 2.58. The summed E-state index contributed by atoms with van der Waals surface area (Å²) in [5, 5.41) is 35.0. The van der Waals surface area contributed by atoms with Crippen LogP contribution in [0.25, 0.3) is 0 Å². The van der Waals surface area contributed by atoms with Crippen molar-refractivity contribution in [1.82, 2.24) is 0 Å². The number of carbonyl (C=O) groups excluding carboxylic acids is 1. The molecule has 4 rings (SSSR count). The largest absolute Gasteiger partial charge is 0.393 e. The lowest BCUT2D eigenvalue weighted by atomic mass is 9.56. The van der Waals surface area contributed by atoms with Gasteiger partial charge in [-0.2, -0.15) is 0 Å². The van der Waals surface area contributed by atoms with Gasteiger partial charge < -0.3 is 24.8 Å². The fourth-order valence-corrected chi connectivity index (χ4v) is 8.32. The molecule has 0 aromatic carbocycles. The molecule has 0 radical (unpaired) electrons. The average molecular weight is 571 g/mol. The van der Waals surface area contributed by atoms with Crippen molar-refractivity contribution in [3.8, 4) is 0 Å². The smallest absolute Gasteiger partial charge is 0.162 e. The third-order valence-corrected chi connectivity index (χ3v) is 11.1. The molecule has 4 aliphatic rings. The van der Waals surface area contributed by atoms with Crippen molar-refractivity contribution >= 4 is 5.78 Å². The van der Waals surface area contributed by atoms with Gasteiger partial charge >= 0.3 is 0 Å². The Morgan fingerprint density at radius 3 is 2.66 bits per heavy atom. The van der Waals surface area contributed by atoms with Crippen LogP contribution in [0.2, 0.25) is 0 Å². The second-order valence-electron chi connectivity index (χ2n) is 14.2. The molecule has 3 aliphatic carbocycles. The molecule has 0 spiro atoms. The Hall–Kier alpha value is -1.57. The van der Waals surface area contributed by atoms with E-state index >= 15 is 0 Å². The van der Waals surface area contributed by atoms with Crippen LogP contribution in [0.3, 0.4) is 0 Å². The zero-order valence-electron chi connectivity index (χ0n) is 26.0. The Labute approximate surface area is 247 Å². The number of fused-ring (bicyclic) bond motifs is 5. The zero-order chi connectivity index (χ0) is 30.0. The molecule has 0 amide bonds. The number of Topliss-reactive ketones (excluding diaryl/α,β-unsaturated/α-hetero) is 1. The number of aliphatic hydroxyl groups excluding tert-OH is 2. The third kappa shape index (κ3) is 6.67. The van der Waals surface area contributed by atoms with Crippen molar-refractivity contribution in [2.45, 2.75) is 122 Å². The van der Waals surface area contributed by atoms with Crippen LogP contribution < -0.4 is 0 Å². The van der Waals surface area contributed by atoms with E-state index in [-0.39, 0.29) is 36.2 Å². The molecular formula is C35H54O6. The van der Waals surface area contributed by atoms with Crippen LogP contribution in [0.5, 0.6) is 0 Å². The van der Waals surface area contributed by atoms with Crippen molar-refractivity contribution in [3.05, 3.63) is 48.1 Å². The SMILES string of the molecule is C=CC/C(=C\C=C/C)CCCO[C@H]1CC2(O)CCC3C4CO[C@@H]4CC(O)CC3(C)CC(=O)C(O)C(C=C1C)C2(C)C. The molecule has 41 heavy (non-hydrogen) atoms. The molecule has 1 aliphatic heterocycles. The highest BCUT2D eigenvalue weighted by molar-refractivity contribution is 5.84. The van der Waals surface area contributed by atoms with Gasteiger partial charge in [-0.3, -0.25) is 4.79 Å². The molecule has 1 saturated heterocycles. The van der Waals surface area contributed by atoms with E-state index < -0.39 is 34.6 Å². The minimum absolute atomic E-state index is 0.00262. The van der Waals surface area contributed by atoms with E-state index in [9.17, 15) is 20.1 Å². The van der Waals surface area contributed by atoms with Gasteiger partial charge in [0.25, 0.3) is 0 Å². The second kappa shape index (κ2) is 13.0. The number of aliphatic hydroxyl groups is 3. The first-order valence-corrected chi connectivity index (χ1v) is 15.8. The number of hydrogen-bond acceptors (Lipinski definition) is 6. The molecule has 6 heteroatoms. The Kier molecular flexibility index (Phi) is 10.2. The normalized spacial score (nSPS) is 41.4. The molecule has 3 fully saturated rings. The quantitative estimate of drug-likeness (QED) is 0.192. The fraction of sp³-hybridized carbons (Fsp3) is 0.743. The maximum Gasteiger partial charge on any atom is 0.162 e. The summed E-state index contributed by atoms with van der Waals surface area (Å²) in [5.41, 5.74) is -0.0889. The number of ketones is 1. The van der Waals surface area contributed by atoms with Crippen molar-refractivity contribution in [3.63, 3.8) is 0 Å². The Morgan fingerprint density at radius 2 is 2.00 bits per heavy atom. The van der Waals surface area contributed by atoms with Gasteiger partial charge in [0.15, 0.2) is 5.78 Å². The van der Waals surface area contributed by atoms with E-state index in [2.05, 4.69) is 25.7 Å². The molecule has 3 N–H and O–H groups in total. The first-order chi connectivity index (χ1) is 19.3. The predicted octanol–water partition coefficient (Wildman–Crippen LogP) is 5.86. The van der Waals surface area contributed by atoms with E-state index in [0.29, 0.717) is 38.9 Å². The Balaban J connectivity index is 1.59. The monoisotopic (exact) mass is 570 g/mol. The van der Waals surface area contributed by atoms with Gasteiger partial charge in [0.05, 0.1) is 30.5 Å². The van der Waals surface area contributed by atoms with Crippen LogP contribution in [0.15, 0.2) is 48.1 Å². The van der Waals surface area contributed by atoms with Crippen LogP contribution >= 0.6 is 0 Å². The fourth-order valence-electron chi connectivity index (χ4n) is 8.32. The summed E-state index contributed by atoms with van der Waals surface area (Å²) in [4.78, 5) is 13.8. The number of ether oxygens (including phenoxy) is 2. The molecule has 2 saturated carbocycles. The molecule has 9 atom stereocenters. The molecule has 0 aromatic rings. The van der Waals surface area contributed by atoms with Gasteiger partial charge in [0, 0.05) is 36.7 Å². The van der Waals surface area contributed by atoms with E-state index in [1.54, 1.807) is 0 Å². The Morgan fingerprint density at radius 1 is 1.24 bits per heavy atom. The number of hydrogen-bond donors (Lipinski definition) is 3. The van der Waals surface area contributed by atoms with E-state index in [1.807, 2.05) is 45.9 Å². The minimum Gasteiger partial charge on any atom is -0.393 e. The van der Waals surface area contributed by atoms with Gasteiger partial charge in [-0.1, -0.05) is 56.7 Å². The van der Waals surface area contributed by atoms with Crippen LogP contribution in [-0.4, -0.2) is 64.3 Å². The molecule has 2 bridgehead atoms. The molecular weight excluding hydrogens is 516 g/mol. The van der Waals surface area contributed by atoms with Gasteiger partial charge in [-0.05, 0) is 75.7 Å². The molecule has 230 valence electrons. The number of rotatable bonds is 8. The van der Waals surface area contributed by atoms with Crippen molar-refractivity contribution < 1.29 is 29.6 Å². The average Bonchev–Trinajstić information content (AvgIpc) is 3.01. The van der Waals surface area contributed by atoms with Gasteiger partial charge in [-0.15, -0.1) is 6.58 Å². The predicted molar refractivity (Wildman–Crippen MR) is 162 cm³/mol. The first kappa shape index (κ1) is 32.3. The highest BCUT2D eigenvalue weighted by atomic mass is 16.5. The minimum atomic E-state index is -1.23. The van der Waals surface area contributed by atoms with Crippen LogP contribution in [0.4, 0.5) is 0 Å². The maximum absolute atomic E-state index is 13.8. The number of carbonyl (C=O) groups is 1. The molecule has 6 nitrogen and oxygen atoms in total. The lowest BCUT2D eigenvalue weighted by molar-refractivity contribution is -0.175. The summed E-state index contributed by atoms with van der Waals surface area (Å²) in [6.07, 6.45) is 13.7. The second-order valence-corrected chi connectivity index (χ2v) is 14.2. The molecule has 1 heterocycles.